The molecule has 0 saturated heterocycles. The van der Waals surface area contributed by atoms with E-state index in [1.807, 2.05) is 0 Å². The fourth-order valence-corrected chi connectivity index (χ4v) is 1.90. The molecule has 1 aromatic heterocycles. The number of carbonyl (C=O) groups is 1. The number of nitrogens with zero attached hydrogens (tertiary/aromatic N) is 1. The van der Waals surface area contributed by atoms with Crippen molar-refractivity contribution in [1.82, 2.24) is 9.97 Å². The maximum atomic E-state index is 12.9. The Kier molecular flexibility index (Phi) is 2.91. The van der Waals surface area contributed by atoms with Crippen LogP contribution in [0.3, 0.4) is 0 Å². The van der Waals surface area contributed by atoms with Crippen LogP contribution in [0, 0.1) is 6.08 Å². The Morgan fingerprint density at radius 3 is 3.06 bits per heavy atom. The highest BCUT2D eigenvalue weighted by atomic mass is 79.9. The molecule has 0 unspecified atom stereocenters. The number of benzene rings is 1. The minimum Gasteiger partial charge on any atom is -0.462 e. The lowest BCUT2D eigenvalue weighted by Crippen LogP contribution is -2.06. The van der Waals surface area contributed by atoms with Crippen molar-refractivity contribution in [2.75, 3.05) is 6.61 Å². The standard InChI is InChI=1S/C10H8BrFN2O2/c1-2-16-9(15)7-5(11)3-4-6-8(7)14-10(12)13-6/h3-4H,2H2,1H3,(H,13,14). The number of imidazole rings is 1. The van der Waals surface area contributed by atoms with Gasteiger partial charge in [-0.05, 0) is 35.0 Å². The van der Waals surface area contributed by atoms with Crippen molar-refractivity contribution in [2.45, 2.75) is 6.92 Å². The van der Waals surface area contributed by atoms with Crippen molar-refractivity contribution in [3.8, 4) is 0 Å². The lowest BCUT2D eigenvalue weighted by Gasteiger charge is -2.04. The molecular weight excluding hydrogens is 279 g/mol. The summed E-state index contributed by atoms with van der Waals surface area (Å²) in [6.45, 7) is 1.96. The van der Waals surface area contributed by atoms with Crippen LogP contribution in [-0.4, -0.2) is 22.5 Å². The van der Waals surface area contributed by atoms with E-state index >= 15 is 0 Å². The normalized spacial score (nSPS) is 10.7. The number of esters is 1. The average Bonchev–Trinajstić information content (AvgIpc) is 2.58. The fraction of sp³-hybridized carbons (Fsp3) is 0.200. The molecular formula is C10H8BrFN2O2. The molecule has 16 heavy (non-hydrogen) atoms. The molecule has 0 amide bonds. The van der Waals surface area contributed by atoms with Crippen molar-refractivity contribution in [2.24, 2.45) is 0 Å². The van der Waals surface area contributed by atoms with Crippen LogP contribution in [0.1, 0.15) is 17.3 Å². The van der Waals surface area contributed by atoms with Gasteiger partial charge in [-0.3, -0.25) is 0 Å². The van der Waals surface area contributed by atoms with Crippen molar-refractivity contribution in [1.29, 1.82) is 0 Å². The second-order valence-electron chi connectivity index (χ2n) is 3.07. The van der Waals surface area contributed by atoms with Gasteiger partial charge in [0.1, 0.15) is 11.1 Å². The molecule has 0 atom stereocenters. The average molecular weight is 287 g/mol. The molecule has 1 aromatic carbocycles. The zero-order valence-corrected chi connectivity index (χ0v) is 9.97. The van der Waals surface area contributed by atoms with E-state index in [-0.39, 0.29) is 17.7 Å². The van der Waals surface area contributed by atoms with E-state index in [1.54, 1.807) is 19.1 Å². The van der Waals surface area contributed by atoms with Crippen LogP contribution in [0.4, 0.5) is 4.39 Å². The molecule has 0 bridgehead atoms. The van der Waals surface area contributed by atoms with E-state index in [0.717, 1.165) is 0 Å². The highest BCUT2D eigenvalue weighted by Crippen LogP contribution is 2.25. The van der Waals surface area contributed by atoms with Crippen LogP contribution in [-0.2, 0) is 4.74 Å². The molecule has 1 heterocycles. The number of carbonyl (C=O) groups excluding carboxylic acids is 1. The SMILES string of the molecule is CCOC(=O)c1c(Br)ccc2[nH]c(F)nc12. The zero-order valence-electron chi connectivity index (χ0n) is 8.38. The molecule has 6 heteroatoms. The van der Waals surface area contributed by atoms with E-state index < -0.39 is 12.0 Å². The summed E-state index contributed by atoms with van der Waals surface area (Å²) in [5.74, 6) is -0.522. The topological polar surface area (TPSA) is 55.0 Å². The Bertz CT molecular complexity index is 553. The third-order valence-corrected chi connectivity index (χ3v) is 2.72. The summed E-state index contributed by atoms with van der Waals surface area (Å²) in [4.78, 5) is 17.7. The van der Waals surface area contributed by atoms with Gasteiger partial charge < -0.3 is 9.72 Å². The minimum atomic E-state index is -0.723. The quantitative estimate of drug-likeness (QED) is 0.864. The summed E-state index contributed by atoms with van der Waals surface area (Å²) < 4.78 is 18.4. The number of H-pyrrole nitrogens is 1. The maximum absolute atomic E-state index is 12.9. The van der Waals surface area contributed by atoms with Gasteiger partial charge in [0.05, 0.1) is 12.1 Å². The van der Waals surface area contributed by atoms with Crippen LogP contribution >= 0.6 is 15.9 Å². The Labute approximate surface area is 98.9 Å². The predicted octanol–water partition coefficient (Wildman–Crippen LogP) is 2.64. The van der Waals surface area contributed by atoms with E-state index in [2.05, 4.69) is 25.9 Å². The lowest BCUT2D eigenvalue weighted by atomic mass is 10.2. The van der Waals surface area contributed by atoms with E-state index in [9.17, 15) is 9.18 Å². The Morgan fingerprint density at radius 1 is 1.62 bits per heavy atom. The number of hydrogen-bond acceptors (Lipinski definition) is 3. The van der Waals surface area contributed by atoms with Crippen molar-refractivity contribution in [3.63, 3.8) is 0 Å². The van der Waals surface area contributed by atoms with Gasteiger partial charge in [-0.1, -0.05) is 0 Å². The van der Waals surface area contributed by atoms with Gasteiger partial charge in [0, 0.05) is 4.47 Å². The second-order valence-corrected chi connectivity index (χ2v) is 3.92. The lowest BCUT2D eigenvalue weighted by molar-refractivity contribution is 0.0527. The van der Waals surface area contributed by atoms with Crippen LogP contribution in [0.25, 0.3) is 11.0 Å². The van der Waals surface area contributed by atoms with Crippen LogP contribution < -0.4 is 0 Å². The smallest absolute Gasteiger partial charge is 0.341 e. The number of halogens is 2. The first-order chi connectivity index (χ1) is 7.63. The summed E-state index contributed by atoms with van der Waals surface area (Å²) in [6.07, 6.45) is -0.723. The number of aromatic nitrogens is 2. The van der Waals surface area contributed by atoms with Crippen LogP contribution in [0.15, 0.2) is 16.6 Å². The van der Waals surface area contributed by atoms with Gasteiger partial charge in [0.2, 0.25) is 0 Å². The molecule has 4 nitrogen and oxygen atoms in total. The van der Waals surface area contributed by atoms with Crippen molar-refractivity contribution in [3.05, 3.63) is 28.2 Å². The Hall–Kier alpha value is -1.43. The molecule has 1 N–H and O–H groups in total. The maximum Gasteiger partial charge on any atom is 0.341 e. The number of nitrogens with one attached hydrogen (secondary N) is 1. The minimum absolute atomic E-state index is 0.236. The molecule has 0 spiro atoms. The largest absolute Gasteiger partial charge is 0.462 e. The summed E-state index contributed by atoms with van der Waals surface area (Å²) in [7, 11) is 0. The molecule has 84 valence electrons. The van der Waals surface area contributed by atoms with E-state index in [4.69, 9.17) is 4.74 Å². The number of rotatable bonds is 2. The van der Waals surface area contributed by atoms with Crippen molar-refractivity contribution < 1.29 is 13.9 Å². The van der Waals surface area contributed by atoms with Gasteiger partial charge in [0.15, 0.2) is 0 Å². The molecule has 0 aliphatic heterocycles. The second kappa shape index (κ2) is 4.21. The Morgan fingerprint density at radius 2 is 2.38 bits per heavy atom. The summed E-state index contributed by atoms with van der Waals surface area (Å²) in [6, 6.07) is 3.28. The van der Waals surface area contributed by atoms with Gasteiger partial charge in [0.25, 0.3) is 6.08 Å². The molecule has 0 fully saturated rings. The van der Waals surface area contributed by atoms with Crippen LogP contribution in [0.2, 0.25) is 0 Å². The van der Waals surface area contributed by atoms with E-state index in [0.29, 0.717) is 9.99 Å². The molecule has 2 aromatic rings. The van der Waals surface area contributed by atoms with Crippen molar-refractivity contribution >= 4 is 32.9 Å². The van der Waals surface area contributed by atoms with E-state index in [1.165, 1.54) is 0 Å². The molecule has 2 rings (SSSR count). The van der Waals surface area contributed by atoms with Gasteiger partial charge >= 0.3 is 5.97 Å². The molecule has 0 saturated carbocycles. The van der Waals surface area contributed by atoms with Gasteiger partial charge in [-0.25, -0.2) is 9.78 Å². The summed E-state index contributed by atoms with van der Waals surface area (Å²) >= 11 is 3.22. The van der Waals surface area contributed by atoms with Gasteiger partial charge in [-0.2, -0.15) is 4.39 Å². The molecule has 0 radical (unpaired) electrons. The van der Waals surface area contributed by atoms with Gasteiger partial charge in [-0.15, -0.1) is 0 Å². The first-order valence-electron chi connectivity index (χ1n) is 4.64. The number of fused-ring (bicyclic) bond motifs is 1. The fourth-order valence-electron chi connectivity index (χ4n) is 1.42. The predicted molar refractivity (Wildman–Crippen MR) is 59.7 cm³/mol. The zero-order chi connectivity index (χ0) is 11.7. The molecule has 0 aliphatic rings. The first-order valence-corrected chi connectivity index (χ1v) is 5.43. The Balaban J connectivity index is 2.65. The highest BCUT2D eigenvalue weighted by Gasteiger charge is 2.18. The van der Waals surface area contributed by atoms with Crippen LogP contribution in [0.5, 0.6) is 0 Å². The third kappa shape index (κ3) is 1.80. The number of ether oxygens (including phenoxy) is 1. The summed E-state index contributed by atoms with van der Waals surface area (Å²) in [5.41, 5.74) is 0.966. The third-order valence-electron chi connectivity index (χ3n) is 2.05. The monoisotopic (exact) mass is 286 g/mol. The first kappa shape index (κ1) is 11.1. The highest BCUT2D eigenvalue weighted by molar-refractivity contribution is 9.10. The summed E-state index contributed by atoms with van der Waals surface area (Å²) in [5, 5.41) is 0. The molecule has 0 aliphatic carbocycles. The number of hydrogen-bond donors (Lipinski definition) is 1. The number of aromatic amines is 1.